The number of aromatic nitrogens is 1. The smallest absolute Gasteiger partial charge is 0.330 e. The average Bonchev–Trinajstić information content (AvgIpc) is 2.36. The maximum Gasteiger partial charge on any atom is 0.330 e. The van der Waals surface area contributed by atoms with E-state index >= 15 is 0 Å². The Kier molecular flexibility index (Phi) is 5.22. The van der Waals surface area contributed by atoms with Gasteiger partial charge in [0.1, 0.15) is 11.4 Å². The van der Waals surface area contributed by atoms with Crippen molar-refractivity contribution in [1.29, 1.82) is 0 Å². The average molecular weight is 254 g/mol. The third kappa shape index (κ3) is 3.26. The van der Waals surface area contributed by atoms with Gasteiger partial charge in [-0.1, -0.05) is 6.92 Å². The van der Waals surface area contributed by atoms with Crippen LogP contribution in [0.15, 0.2) is 18.5 Å². The molecule has 0 saturated carbocycles. The summed E-state index contributed by atoms with van der Waals surface area (Å²) >= 11 is 0. The molecule has 0 bridgehead atoms. The zero-order valence-electron chi connectivity index (χ0n) is 11.0. The highest BCUT2D eigenvalue weighted by atomic mass is 19.1. The van der Waals surface area contributed by atoms with E-state index < -0.39 is 17.3 Å². The van der Waals surface area contributed by atoms with Crippen LogP contribution in [0.4, 0.5) is 4.39 Å². The molecular weight excluding hydrogens is 235 g/mol. The zero-order chi connectivity index (χ0) is 13.6. The van der Waals surface area contributed by atoms with Gasteiger partial charge in [-0.3, -0.25) is 10.3 Å². The number of nitrogens with zero attached hydrogens (tertiary/aromatic N) is 1. The van der Waals surface area contributed by atoms with Gasteiger partial charge in [-0.2, -0.15) is 0 Å². The van der Waals surface area contributed by atoms with Crippen molar-refractivity contribution in [2.75, 3.05) is 13.2 Å². The minimum Gasteiger partial charge on any atom is -0.464 e. The summed E-state index contributed by atoms with van der Waals surface area (Å²) in [6, 6.07) is 1.30. The third-order valence-corrected chi connectivity index (χ3v) is 2.69. The van der Waals surface area contributed by atoms with Gasteiger partial charge in [0, 0.05) is 11.8 Å². The number of carbonyl (C=O) groups is 1. The van der Waals surface area contributed by atoms with Crippen LogP contribution in [0.2, 0.25) is 0 Å². The van der Waals surface area contributed by atoms with Crippen LogP contribution in [0.25, 0.3) is 0 Å². The van der Waals surface area contributed by atoms with Crippen molar-refractivity contribution in [2.45, 2.75) is 32.7 Å². The molecule has 0 aromatic carbocycles. The molecule has 1 rings (SSSR count). The Morgan fingerprint density at radius 1 is 1.50 bits per heavy atom. The van der Waals surface area contributed by atoms with Gasteiger partial charge in [-0.15, -0.1) is 0 Å². The highest BCUT2D eigenvalue weighted by Gasteiger charge is 2.36. The fourth-order valence-corrected chi connectivity index (χ4v) is 1.63. The number of nitrogens with one attached hydrogen (secondary N) is 1. The summed E-state index contributed by atoms with van der Waals surface area (Å²) in [5.41, 5.74) is -0.601. The predicted octanol–water partition coefficient (Wildman–Crippen LogP) is 2.00. The van der Waals surface area contributed by atoms with Gasteiger partial charge in [-0.25, -0.2) is 9.18 Å². The van der Waals surface area contributed by atoms with E-state index in [9.17, 15) is 9.18 Å². The molecule has 1 unspecified atom stereocenters. The molecule has 1 atom stereocenters. The number of hydrogen-bond acceptors (Lipinski definition) is 4. The molecule has 18 heavy (non-hydrogen) atoms. The lowest BCUT2D eigenvalue weighted by atomic mass is 9.93. The van der Waals surface area contributed by atoms with Crippen molar-refractivity contribution in [1.82, 2.24) is 10.3 Å². The van der Waals surface area contributed by atoms with Gasteiger partial charge in [0.2, 0.25) is 0 Å². The first-order valence-electron chi connectivity index (χ1n) is 6.07. The van der Waals surface area contributed by atoms with Crippen molar-refractivity contribution in [3.8, 4) is 0 Å². The molecule has 0 saturated heterocycles. The third-order valence-electron chi connectivity index (χ3n) is 2.69. The maximum absolute atomic E-state index is 13.2. The molecule has 0 fully saturated rings. The number of halogens is 1. The van der Waals surface area contributed by atoms with E-state index in [4.69, 9.17) is 4.74 Å². The van der Waals surface area contributed by atoms with Crippen LogP contribution >= 0.6 is 0 Å². The minimum atomic E-state index is -1.07. The second kappa shape index (κ2) is 6.44. The molecule has 1 N–H and O–H groups in total. The second-order valence-corrected chi connectivity index (χ2v) is 4.16. The summed E-state index contributed by atoms with van der Waals surface area (Å²) in [5.74, 6) is -0.896. The number of carbonyl (C=O) groups excluding carboxylic acids is 1. The lowest BCUT2D eigenvalue weighted by Crippen LogP contribution is -2.48. The highest BCUT2D eigenvalue weighted by molar-refractivity contribution is 5.82. The summed E-state index contributed by atoms with van der Waals surface area (Å²) in [6.45, 7) is 6.32. The summed E-state index contributed by atoms with van der Waals surface area (Å²) in [4.78, 5) is 15.8. The van der Waals surface area contributed by atoms with Crippen LogP contribution in [-0.2, 0) is 15.1 Å². The molecule has 1 aromatic heterocycles. The first-order chi connectivity index (χ1) is 8.54. The zero-order valence-corrected chi connectivity index (χ0v) is 11.0. The van der Waals surface area contributed by atoms with Gasteiger partial charge in [0.15, 0.2) is 0 Å². The SMILES string of the molecule is CCCNC(C)(C(=O)OCC)c1cncc(F)c1. The lowest BCUT2D eigenvalue weighted by Gasteiger charge is -2.28. The fourth-order valence-electron chi connectivity index (χ4n) is 1.63. The van der Waals surface area contributed by atoms with Crippen molar-refractivity contribution in [2.24, 2.45) is 0 Å². The lowest BCUT2D eigenvalue weighted by molar-refractivity contribution is -0.151. The van der Waals surface area contributed by atoms with Gasteiger partial charge >= 0.3 is 5.97 Å². The number of rotatable bonds is 6. The minimum absolute atomic E-state index is 0.283. The summed E-state index contributed by atoms with van der Waals surface area (Å²) in [5, 5.41) is 3.09. The molecule has 0 radical (unpaired) electrons. The standard InChI is InChI=1S/C13H19FN2O2/c1-4-6-16-13(3,12(17)18-5-2)10-7-11(14)9-15-8-10/h7-9,16H,4-6H2,1-3H3. The summed E-state index contributed by atoms with van der Waals surface area (Å²) in [7, 11) is 0. The predicted molar refractivity (Wildman–Crippen MR) is 66.5 cm³/mol. The largest absolute Gasteiger partial charge is 0.464 e. The number of ether oxygens (including phenoxy) is 1. The molecule has 0 amide bonds. The molecule has 5 heteroatoms. The monoisotopic (exact) mass is 254 g/mol. The van der Waals surface area contributed by atoms with Gasteiger partial charge in [0.05, 0.1) is 12.8 Å². The Balaban J connectivity index is 3.06. The Morgan fingerprint density at radius 2 is 2.22 bits per heavy atom. The van der Waals surface area contributed by atoms with Crippen molar-refractivity contribution < 1.29 is 13.9 Å². The number of pyridine rings is 1. The summed E-state index contributed by atoms with van der Waals surface area (Å²) in [6.07, 6.45) is 3.44. The van der Waals surface area contributed by atoms with Crippen LogP contribution in [0.3, 0.4) is 0 Å². The molecule has 0 aliphatic carbocycles. The van der Waals surface area contributed by atoms with Crippen molar-refractivity contribution in [3.05, 3.63) is 29.8 Å². The number of hydrogen-bond donors (Lipinski definition) is 1. The fraction of sp³-hybridized carbons (Fsp3) is 0.538. The normalized spacial score (nSPS) is 14.0. The van der Waals surface area contributed by atoms with Crippen LogP contribution in [0, 0.1) is 5.82 Å². The van der Waals surface area contributed by atoms with Crippen LogP contribution < -0.4 is 5.32 Å². The van der Waals surface area contributed by atoms with E-state index in [2.05, 4.69) is 10.3 Å². The van der Waals surface area contributed by atoms with E-state index in [0.29, 0.717) is 12.1 Å². The topological polar surface area (TPSA) is 51.2 Å². The highest BCUT2D eigenvalue weighted by Crippen LogP contribution is 2.22. The van der Waals surface area contributed by atoms with Crippen LogP contribution in [-0.4, -0.2) is 24.1 Å². The summed E-state index contributed by atoms with van der Waals surface area (Å²) < 4.78 is 18.3. The molecule has 0 aliphatic rings. The van der Waals surface area contributed by atoms with E-state index in [1.54, 1.807) is 13.8 Å². The Bertz CT molecular complexity index is 412. The Hall–Kier alpha value is -1.49. The first-order valence-corrected chi connectivity index (χ1v) is 6.07. The van der Waals surface area contributed by atoms with Crippen LogP contribution in [0.5, 0.6) is 0 Å². The second-order valence-electron chi connectivity index (χ2n) is 4.16. The van der Waals surface area contributed by atoms with Crippen molar-refractivity contribution in [3.63, 3.8) is 0 Å². The van der Waals surface area contributed by atoms with E-state index in [1.807, 2.05) is 6.92 Å². The molecule has 1 heterocycles. The molecule has 0 spiro atoms. The van der Waals surface area contributed by atoms with E-state index in [-0.39, 0.29) is 6.61 Å². The van der Waals surface area contributed by atoms with Gasteiger partial charge < -0.3 is 4.74 Å². The molecule has 0 aliphatic heterocycles. The molecule has 4 nitrogen and oxygen atoms in total. The van der Waals surface area contributed by atoms with Crippen LogP contribution in [0.1, 0.15) is 32.8 Å². The van der Waals surface area contributed by atoms with Gasteiger partial charge in [0.25, 0.3) is 0 Å². The Morgan fingerprint density at radius 3 is 2.78 bits per heavy atom. The van der Waals surface area contributed by atoms with Crippen molar-refractivity contribution >= 4 is 5.97 Å². The number of esters is 1. The van der Waals surface area contributed by atoms with E-state index in [0.717, 1.165) is 12.6 Å². The Labute approximate surface area is 107 Å². The quantitative estimate of drug-likeness (QED) is 0.789. The van der Waals surface area contributed by atoms with Gasteiger partial charge in [-0.05, 0) is 32.9 Å². The maximum atomic E-state index is 13.2. The molecule has 1 aromatic rings. The molecule has 100 valence electrons. The van der Waals surface area contributed by atoms with E-state index in [1.165, 1.54) is 12.3 Å². The first kappa shape index (κ1) is 14.6. The molecular formula is C13H19FN2O2.